The second-order valence-electron chi connectivity index (χ2n) is 7.12. The van der Waals surface area contributed by atoms with Gasteiger partial charge in [-0.2, -0.15) is 5.10 Å². The monoisotopic (exact) mass is 403 g/mol. The molecule has 0 unspecified atom stereocenters. The predicted molar refractivity (Wildman–Crippen MR) is 112 cm³/mol. The number of aryl methyl sites for hydroxylation is 1. The van der Waals surface area contributed by atoms with Gasteiger partial charge >= 0.3 is 0 Å². The van der Waals surface area contributed by atoms with Crippen molar-refractivity contribution in [3.05, 3.63) is 96.3 Å². The van der Waals surface area contributed by atoms with Crippen molar-refractivity contribution in [2.45, 2.75) is 19.4 Å². The molecule has 4 aromatic rings. The number of aromatic nitrogens is 2. The molecule has 1 amide bonds. The fourth-order valence-electron chi connectivity index (χ4n) is 3.26. The van der Waals surface area contributed by atoms with Crippen molar-refractivity contribution in [2.24, 2.45) is 0 Å². The highest BCUT2D eigenvalue weighted by molar-refractivity contribution is 5.76. The lowest BCUT2D eigenvalue weighted by Gasteiger charge is -2.15. The molecule has 2 aromatic carbocycles. The predicted octanol–water partition coefficient (Wildman–Crippen LogP) is 4.86. The molecule has 0 N–H and O–H groups in total. The van der Waals surface area contributed by atoms with Crippen LogP contribution in [0.3, 0.4) is 0 Å². The molecule has 0 aliphatic rings. The van der Waals surface area contributed by atoms with Crippen LogP contribution in [0.25, 0.3) is 17.0 Å². The molecular formula is C24H22FN3O2. The van der Waals surface area contributed by atoms with Crippen LogP contribution in [0.4, 0.5) is 4.39 Å². The smallest absolute Gasteiger partial charge is 0.223 e. The lowest BCUT2D eigenvalue weighted by atomic mass is 10.1. The number of para-hydroxylation sites is 1. The summed E-state index contributed by atoms with van der Waals surface area (Å²) in [6, 6.07) is 19.8. The molecular weight excluding hydrogens is 381 g/mol. The Labute approximate surface area is 174 Å². The molecule has 30 heavy (non-hydrogen) atoms. The van der Waals surface area contributed by atoms with Crippen molar-refractivity contribution in [1.29, 1.82) is 0 Å². The Hall–Kier alpha value is -3.67. The van der Waals surface area contributed by atoms with Crippen molar-refractivity contribution in [3.63, 3.8) is 0 Å². The third-order valence-corrected chi connectivity index (χ3v) is 4.89. The first kappa shape index (κ1) is 19.6. The van der Waals surface area contributed by atoms with Gasteiger partial charge in [-0.3, -0.25) is 4.79 Å². The molecule has 0 fully saturated rings. The maximum absolute atomic E-state index is 13.9. The number of hydrogen-bond acceptors (Lipinski definition) is 3. The third-order valence-electron chi connectivity index (χ3n) is 4.89. The number of benzene rings is 2. The van der Waals surface area contributed by atoms with Crippen LogP contribution in [0.5, 0.6) is 0 Å². The molecule has 4 rings (SSSR count). The molecule has 0 saturated heterocycles. The van der Waals surface area contributed by atoms with Gasteiger partial charge in [0.1, 0.15) is 17.3 Å². The Balaban J connectivity index is 1.32. The van der Waals surface area contributed by atoms with Gasteiger partial charge in [0.2, 0.25) is 5.91 Å². The minimum absolute atomic E-state index is 0.00584. The van der Waals surface area contributed by atoms with Crippen LogP contribution in [0.1, 0.15) is 17.7 Å². The van der Waals surface area contributed by atoms with E-state index in [-0.39, 0.29) is 11.7 Å². The number of carbonyl (C=O) groups is 1. The molecule has 2 aromatic heterocycles. The average molecular weight is 403 g/mol. The zero-order chi connectivity index (χ0) is 20.9. The summed E-state index contributed by atoms with van der Waals surface area (Å²) in [6.45, 7) is 0.476. The topological polar surface area (TPSA) is 51.3 Å². The molecule has 0 atom stereocenters. The first-order valence-corrected chi connectivity index (χ1v) is 9.77. The largest absolute Gasteiger partial charge is 0.461 e. The van der Waals surface area contributed by atoms with Crippen LogP contribution in [-0.2, 0) is 17.8 Å². The summed E-state index contributed by atoms with van der Waals surface area (Å²) in [5.74, 6) is 0.806. The number of hydrogen-bond donors (Lipinski definition) is 0. The summed E-state index contributed by atoms with van der Waals surface area (Å²) in [4.78, 5) is 14.2. The Morgan fingerprint density at radius 3 is 2.63 bits per heavy atom. The highest BCUT2D eigenvalue weighted by Gasteiger charge is 2.14. The van der Waals surface area contributed by atoms with E-state index in [0.717, 1.165) is 11.3 Å². The zero-order valence-electron chi connectivity index (χ0n) is 16.7. The van der Waals surface area contributed by atoms with E-state index in [1.165, 1.54) is 6.07 Å². The van der Waals surface area contributed by atoms with E-state index in [1.807, 2.05) is 36.5 Å². The quantitative estimate of drug-likeness (QED) is 0.443. The van der Waals surface area contributed by atoms with Crippen molar-refractivity contribution in [3.8, 4) is 17.0 Å². The summed E-state index contributed by atoms with van der Waals surface area (Å²) < 4.78 is 21.4. The van der Waals surface area contributed by atoms with Crippen molar-refractivity contribution in [1.82, 2.24) is 14.7 Å². The third kappa shape index (κ3) is 4.49. The van der Waals surface area contributed by atoms with E-state index in [0.29, 0.717) is 36.5 Å². The SMILES string of the molecule is CN(Cc1cnn(-c2ccccc2)c1)C(=O)CCc1ccc(-c2ccccc2F)o1. The van der Waals surface area contributed by atoms with Gasteiger partial charge in [-0.1, -0.05) is 30.3 Å². The van der Waals surface area contributed by atoms with Gasteiger partial charge < -0.3 is 9.32 Å². The Kier molecular flexibility index (Phi) is 5.75. The van der Waals surface area contributed by atoms with Crippen molar-refractivity contribution < 1.29 is 13.6 Å². The highest BCUT2D eigenvalue weighted by Crippen LogP contribution is 2.25. The van der Waals surface area contributed by atoms with E-state index < -0.39 is 0 Å². The lowest BCUT2D eigenvalue weighted by Crippen LogP contribution is -2.26. The summed E-state index contributed by atoms with van der Waals surface area (Å²) in [6.07, 6.45) is 4.46. The van der Waals surface area contributed by atoms with E-state index in [9.17, 15) is 9.18 Å². The maximum atomic E-state index is 13.9. The van der Waals surface area contributed by atoms with Crippen LogP contribution in [0, 0.1) is 5.82 Å². The minimum Gasteiger partial charge on any atom is -0.461 e. The van der Waals surface area contributed by atoms with E-state index in [2.05, 4.69) is 5.10 Å². The molecule has 5 nitrogen and oxygen atoms in total. The Morgan fingerprint density at radius 2 is 1.83 bits per heavy atom. The summed E-state index contributed by atoms with van der Waals surface area (Å²) in [5.41, 5.74) is 2.35. The van der Waals surface area contributed by atoms with Gasteiger partial charge in [-0.15, -0.1) is 0 Å². The first-order valence-electron chi connectivity index (χ1n) is 9.77. The van der Waals surface area contributed by atoms with Gasteiger partial charge in [0, 0.05) is 38.2 Å². The van der Waals surface area contributed by atoms with E-state index >= 15 is 0 Å². The number of carbonyl (C=O) groups excluding carboxylic acids is 1. The molecule has 0 spiro atoms. The molecule has 0 bridgehead atoms. The number of furan rings is 1. The zero-order valence-corrected chi connectivity index (χ0v) is 16.7. The fourth-order valence-corrected chi connectivity index (χ4v) is 3.26. The number of amides is 1. The van der Waals surface area contributed by atoms with Crippen molar-refractivity contribution in [2.75, 3.05) is 7.05 Å². The van der Waals surface area contributed by atoms with Gasteiger partial charge in [0.05, 0.1) is 17.4 Å². The molecule has 152 valence electrons. The highest BCUT2D eigenvalue weighted by atomic mass is 19.1. The normalized spacial score (nSPS) is 10.9. The van der Waals surface area contributed by atoms with Crippen LogP contribution >= 0.6 is 0 Å². The van der Waals surface area contributed by atoms with Crippen LogP contribution in [-0.4, -0.2) is 27.6 Å². The van der Waals surface area contributed by atoms with Gasteiger partial charge in [-0.05, 0) is 36.4 Å². The van der Waals surface area contributed by atoms with Crippen molar-refractivity contribution >= 4 is 5.91 Å². The summed E-state index contributed by atoms with van der Waals surface area (Å²) in [5, 5.41) is 4.36. The minimum atomic E-state index is -0.328. The number of rotatable bonds is 7. The molecule has 0 saturated carbocycles. The maximum Gasteiger partial charge on any atom is 0.223 e. The lowest BCUT2D eigenvalue weighted by molar-refractivity contribution is -0.130. The molecule has 6 heteroatoms. The van der Waals surface area contributed by atoms with Gasteiger partial charge in [0.25, 0.3) is 0 Å². The fraction of sp³-hybridized carbons (Fsp3) is 0.167. The van der Waals surface area contributed by atoms with E-state index in [1.54, 1.807) is 53.2 Å². The molecule has 0 aliphatic heterocycles. The van der Waals surface area contributed by atoms with Gasteiger partial charge in [0.15, 0.2) is 0 Å². The Morgan fingerprint density at radius 1 is 1.07 bits per heavy atom. The standard InChI is InChI=1S/C24H22FN3O2/c1-27(16-18-15-26-28(17-18)19-7-3-2-4-8-19)24(29)14-12-20-11-13-23(30-20)21-9-5-6-10-22(21)25/h2-11,13,15,17H,12,14,16H2,1H3. The first-order chi connectivity index (χ1) is 14.6. The second-order valence-corrected chi connectivity index (χ2v) is 7.12. The summed E-state index contributed by atoms with van der Waals surface area (Å²) >= 11 is 0. The molecule has 2 heterocycles. The van der Waals surface area contributed by atoms with Crippen LogP contribution in [0.15, 0.2) is 83.5 Å². The molecule has 0 radical (unpaired) electrons. The number of nitrogens with zero attached hydrogens (tertiary/aromatic N) is 3. The Bertz CT molecular complexity index is 1130. The van der Waals surface area contributed by atoms with Crippen LogP contribution < -0.4 is 0 Å². The van der Waals surface area contributed by atoms with Gasteiger partial charge in [-0.25, -0.2) is 9.07 Å². The average Bonchev–Trinajstić information content (AvgIpc) is 3.43. The summed E-state index contributed by atoms with van der Waals surface area (Å²) in [7, 11) is 1.77. The van der Waals surface area contributed by atoms with E-state index in [4.69, 9.17) is 4.42 Å². The number of halogens is 1. The molecule has 0 aliphatic carbocycles. The second kappa shape index (κ2) is 8.78. The van der Waals surface area contributed by atoms with Crippen LogP contribution in [0.2, 0.25) is 0 Å².